The maximum atomic E-state index is 13.4. The van der Waals surface area contributed by atoms with Gasteiger partial charge in [-0.3, -0.25) is 4.55 Å². The molecule has 0 unspecified atom stereocenters. The van der Waals surface area contributed by atoms with Gasteiger partial charge in [0.2, 0.25) is 0 Å². The summed E-state index contributed by atoms with van der Waals surface area (Å²) in [5, 5.41) is 1.80. The first-order valence-electron chi connectivity index (χ1n) is 31.0. The smallest absolute Gasteiger partial charge is 0.282 e. The van der Waals surface area contributed by atoms with Crippen LogP contribution in [0, 0.1) is 0 Å². The van der Waals surface area contributed by atoms with Crippen molar-refractivity contribution in [3.63, 3.8) is 0 Å². The van der Waals surface area contributed by atoms with Crippen LogP contribution >= 0.6 is 0 Å². The van der Waals surface area contributed by atoms with E-state index in [9.17, 15) is 13.0 Å². The van der Waals surface area contributed by atoms with Crippen LogP contribution in [0.25, 0.3) is 10.8 Å². The first-order valence-corrected chi connectivity index (χ1v) is 32.4. The van der Waals surface area contributed by atoms with Gasteiger partial charge in [-0.2, -0.15) is 8.42 Å². The average Bonchev–Trinajstić information content (AvgIpc) is 3.33. The number of benzene rings is 2. The van der Waals surface area contributed by atoms with E-state index in [1.54, 1.807) is 0 Å². The molecule has 0 amide bonds. The molecule has 0 saturated carbocycles. The molecule has 0 aliphatic carbocycles. The predicted octanol–water partition coefficient (Wildman–Crippen LogP) is 22.1. The maximum absolute atomic E-state index is 13.4. The molecule has 0 aliphatic heterocycles. The van der Waals surface area contributed by atoms with Gasteiger partial charge in [0.1, 0.15) is 4.90 Å². The third-order valence-electron chi connectivity index (χ3n) is 15.6. The zero-order valence-electron chi connectivity index (χ0n) is 47.0. The molecule has 5 heteroatoms. The Bertz CT molecular complexity index is 1520. The Labute approximate surface area is 454 Å². The van der Waals surface area contributed by atoms with Crippen molar-refractivity contribution in [2.24, 2.45) is 0 Å². The molecule has 1 radical (unpaired) electrons. The Hall–Kier alpha value is -0.390. The molecular weight excluding hydrogens is 872 g/mol. The molecule has 0 spiro atoms. The van der Waals surface area contributed by atoms with E-state index in [0.717, 1.165) is 61.3 Å². The first kappa shape index (κ1) is 66.6. The van der Waals surface area contributed by atoms with Crippen LogP contribution in [0.15, 0.2) is 29.2 Å². The molecule has 2 aromatic rings. The maximum Gasteiger partial charge on any atom is 0.295 e. The summed E-state index contributed by atoms with van der Waals surface area (Å²) >= 11 is 0. The molecule has 397 valence electrons. The summed E-state index contributed by atoms with van der Waals surface area (Å²) < 4.78 is 37.7. The summed E-state index contributed by atoms with van der Waals surface area (Å²) in [4.78, 5) is 0.219. The van der Waals surface area contributed by atoms with Gasteiger partial charge in [-0.25, -0.2) is 0 Å². The third kappa shape index (κ3) is 35.4. The number of rotatable bonds is 52. The van der Waals surface area contributed by atoms with Crippen molar-refractivity contribution in [2.75, 3.05) is 0 Å². The summed E-state index contributed by atoms with van der Waals surface area (Å²) in [5.41, 5.74) is 3.60. The second-order valence-corrected chi connectivity index (χ2v) is 23.3. The summed E-state index contributed by atoms with van der Waals surface area (Å²) in [6.07, 6.45) is 67.4. The van der Waals surface area contributed by atoms with Crippen molar-refractivity contribution >= 4 is 50.4 Å². The van der Waals surface area contributed by atoms with Crippen molar-refractivity contribution in [2.45, 2.75) is 353 Å². The van der Waals surface area contributed by atoms with Gasteiger partial charge in [0.05, 0.1) is 0 Å². The second-order valence-electron chi connectivity index (χ2n) is 21.9. The van der Waals surface area contributed by atoms with Gasteiger partial charge in [0, 0.05) is 34.9 Å². The molecule has 0 fully saturated rings. The van der Waals surface area contributed by atoms with Gasteiger partial charge in [-0.05, 0) is 60.6 Å². The zero-order chi connectivity index (χ0) is 48.9. The van der Waals surface area contributed by atoms with Gasteiger partial charge in [-0.1, -0.05) is 334 Å². The number of aryl methyl sites for hydroxylation is 1. The molecule has 1 N–H and O–H groups in total. The average molecular weight is 989 g/mol. The minimum atomic E-state index is -4.38. The quantitative estimate of drug-likeness (QED) is 0.0408. The normalized spacial score (nSPS) is 11.8. The molecule has 2 rings (SSSR count). The van der Waals surface area contributed by atoms with Crippen LogP contribution < -0.4 is 0 Å². The van der Waals surface area contributed by atoms with E-state index in [-0.39, 0.29) is 34.5 Å². The van der Waals surface area contributed by atoms with Gasteiger partial charge in [-0.15, -0.1) is 0 Å². The van der Waals surface area contributed by atoms with Crippen molar-refractivity contribution in [1.29, 1.82) is 0 Å². The molecule has 3 nitrogen and oxygen atoms in total. The van der Waals surface area contributed by atoms with Crippen LogP contribution in [0.2, 0.25) is 0 Å². The van der Waals surface area contributed by atoms with Crippen LogP contribution in [0.5, 0.6) is 0 Å². The Morgan fingerprint density at radius 2 is 0.493 bits per heavy atom. The van der Waals surface area contributed by atoms with Crippen LogP contribution in [0.3, 0.4) is 0 Å². The van der Waals surface area contributed by atoms with E-state index >= 15 is 0 Å². The molecule has 0 saturated heterocycles. The topological polar surface area (TPSA) is 54.4 Å². The molecule has 2 aromatic carbocycles. The molecule has 69 heavy (non-hydrogen) atoms. The number of fused-ring (bicyclic) bond motifs is 1. The van der Waals surface area contributed by atoms with Crippen molar-refractivity contribution < 1.29 is 13.0 Å². The summed E-state index contributed by atoms with van der Waals surface area (Å²) in [6, 6.07) is 8.14. The fraction of sp³-hybridized carbons (Fsp3) is 0.844. The summed E-state index contributed by atoms with van der Waals surface area (Å²) in [6.45, 7) is 6.89. The minimum Gasteiger partial charge on any atom is -0.282 e. The van der Waals surface area contributed by atoms with E-state index in [0.29, 0.717) is 0 Å². The van der Waals surface area contributed by atoms with E-state index in [4.69, 9.17) is 0 Å². The monoisotopic (exact) mass is 988 g/mol. The predicted molar refractivity (Wildman–Crippen MR) is 309 cm³/mol. The third-order valence-corrected chi connectivity index (χ3v) is 16.6. The SMILES string of the molecule is CCCCCCCCCCCCCCCCCCc1c(CCCCCCCCCCCCCCCCCC)c(S(=O)(=O)O)c2ccccc2c1CCCCCCCCCCCCCCCCCC.[Na]. The molecule has 0 aliphatic rings. The fourth-order valence-electron chi connectivity index (χ4n) is 11.3. The van der Waals surface area contributed by atoms with Gasteiger partial charge in [0.25, 0.3) is 10.1 Å². The first-order chi connectivity index (χ1) is 33.5. The Balaban J connectivity index is 0.0000238. The van der Waals surface area contributed by atoms with Gasteiger partial charge in [0.15, 0.2) is 0 Å². The van der Waals surface area contributed by atoms with Crippen LogP contribution in [0.1, 0.15) is 346 Å². The van der Waals surface area contributed by atoms with Crippen molar-refractivity contribution in [1.82, 2.24) is 0 Å². The summed E-state index contributed by atoms with van der Waals surface area (Å²) in [5.74, 6) is 0. The fourth-order valence-corrected chi connectivity index (χ4v) is 12.3. The largest absolute Gasteiger partial charge is 0.295 e. The van der Waals surface area contributed by atoms with Crippen LogP contribution in [0.4, 0.5) is 0 Å². The number of hydrogen-bond donors (Lipinski definition) is 1. The molecule has 0 bridgehead atoms. The van der Waals surface area contributed by atoms with Crippen molar-refractivity contribution in [3.8, 4) is 0 Å². The van der Waals surface area contributed by atoms with Crippen LogP contribution in [-0.4, -0.2) is 42.5 Å². The second kappa shape index (κ2) is 48.5. The zero-order valence-corrected chi connectivity index (χ0v) is 49.9. The minimum absolute atomic E-state index is 0. The standard InChI is InChI=1S/C64H116O3S.Na/c1-4-7-10-13-16-19-22-25-28-31-34-37-40-43-46-49-54-59-60(55-50-47-44-41-38-35-32-29-26-23-20-17-14-11-8-5-2)62(64(68(65,66)67)63-58-53-52-56-61(59)63)57-51-48-45-42-39-36-33-30-27-24-21-18-15-12-9-6-3;/h52-53,56,58H,4-51,54-55,57H2,1-3H3,(H,65,66,67);. The molecule has 0 atom stereocenters. The molecule has 0 heterocycles. The van der Waals surface area contributed by atoms with E-state index in [1.807, 2.05) is 12.1 Å². The Kier molecular flexibility index (Phi) is 46.9. The molecular formula is C64H116NaO3S. The summed E-state index contributed by atoms with van der Waals surface area (Å²) in [7, 11) is -4.38. The Morgan fingerprint density at radius 3 is 0.739 bits per heavy atom. The Morgan fingerprint density at radius 1 is 0.290 bits per heavy atom. The van der Waals surface area contributed by atoms with E-state index < -0.39 is 10.1 Å². The van der Waals surface area contributed by atoms with Gasteiger partial charge < -0.3 is 0 Å². The van der Waals surface area contributed by atoms with E-state index in [2.05, 4.69) is 32.9 Å². The van der Waals surface area contributed by atoms with Crippen molar-refractivity contribution in [3.05, 3.63) is 41.0 Å². The van der Waals surface area contributed by atoms with E-state index in [1.165, 1.54) is 294 Å². The molecule has 0 aromatic heterocycles. The number of unbranched alkanes of at least 4 members (excludes halogenated alkanes) is 45. The van der Waals surface area contributed by atoms with Gasteiger partial charge >= 0.3 is 0 Å². The number of hydrogen-bond acceptors (Lipinski definition) is 2. The van der Waals surface area contributed by atoms with Crippen LogP contribution in [-0.2, 0) is 29.4 Å².